The molecule has 5 nitrogen and oxygen atoms in total. The zero-order chi connectivity index (χ0) is 15.4. The van der Waals surface area contributed by atoms with Gasteiger partial charge >= 0.3 is 11.5 Å². The van der Waals surface area contributed by atoms with E-state index < -0.39 is 34.7 Å². The minimum absolute atomic E-state index is 0.242. The van der Waals surface area contributed by atoms with E-state index in [0.717, 1.165) is 0 Å². The molecule has 0 aliphatic carbocycles. The molecular formula is C10H8F3INO4S-. The molecule has 0 radical (unpaired) electrons. The highest BCUT2D eigenvalue weighted by atomic mass is 127. The first-order valence-electron chi connectivity index (χ1n) is 5.07. The number of hydrogen-bond donors (Lipinski definition) is 0. The number of hydrogen-bond acceptors (Lipinski definition) is 4. The highest BCUT2D eigenvalue weighted by Crippen LogP contribution is 2.27. The molecule has 0 saturated carbocycles. The Hall–Kier alpha value is -0.880. The summed E-state index contributed by atoms with van der Waals surface area (Å²) >= 11 is 1.89. The molecule has 0 fully saturated rings. The van der Waals surface area contributed by atoms with E-state index in [2.05, 4.69) is 9.46 Å². The zero-order valence-electron chi connectivity index (χ0n) is 9.72. The summed E-state index contributed by atoms with van der Waals surface area (Å²) in [5, 5.41) is 0. The number of sulfonamides is 1. The average Bonchev–Trinajstić information content (AvgIpc) is 2.33. The zero-order valence-corrected chi connectivity index (χ0v) is 12.7. The molecule has 0 aromatic heterocycles. The van der Waals surface area contributed by atoms with E-state index in [1.54, 1.807) is 18.2 Å². The molecule has 0 unspecified atom stereocenters. The van der Waals surface area contributed by atoms with Crippen LogP contribution in [0.2, 0.25) is 0 Å². The maximum Gasteiger partial charge on any atom is 0.480 e. The quantitative estimate of drug-likeness (QED) is 0.416. The molecule has 0 spiro atoms. The summed E-state index contributed by atoms with van der Waals surface area (Å²) in [6.07, 6.45) is 0. The molecule has 1 aromatic rings. The van der Waals surface area contributed by atoms with E-state index in [0.29, 0.717) is 3.57 Å². The van der Waals surface area contributed by atoms with Crippen molar-refractivity contribution in [1.29, 1.82) is 0 Å². The van der Waals surface area contributed by atoms with Crippen LogP contribution in [0.15, 0.2) is 24.3 Å². The second-order valence-electron chi connectivity index (χ2n) is 3.39. The van der Waals surface area contributed by atoms with Crippen molar-refractivity contribution in [3.05, 3.63) is 38.1 Å². The van der Waals surface area contributed by atoms with Crippen LogP contribution in [0.25, 0.3) is 4.72 Å². The molecule has 0 saturated heterocycles. The van der Waals surface area contributed by atoms with Gasteiger partial charge in [-0.1, -0.05) is 12.1 Å². The summed E-state index contributed by atoms with van der Waals surface area (Å²) < 4.78 is 64.8. The van der Waals surface area contributed by atoms with Crippen molar-refractivity contribution in [3.63, 3.8) is 0 Å². The van der Waals surface area contributed by atoms with Gasteiger partial charge in [0.25, 0.3) is 0 Å². The molecule has 10 heteroatoms. The fourth-order valence-electron chi connectivity index (χ4n) is 1.07. The van der Waals surface area contributed by atoms with Crippen molar-refractivity contribution in [2.24, 2.45) is 0 Å². The van der Waals surface area contributed by atoms with E-state index in [1.165, 1.54) is 6.07 Å². The molecule has 0 bridgehead atoms. The summed E-state index contributed by atoms with van der Waals surface area (Å²) in [4.78, 5) is 11.5. The lowest BCUT2D eigenvalue weighted by Gasteiger charge is -2.21. The summed E-state index contributed by atoms with van der Waals surface area (Å²) in [5.41, 5.74) is -5.20. The molecule has 1 rings (SSSR count). The topological polar surface area (TPSA) is 74.5 Å². The molecule has 112 valence electrons. The van der Waals surface area contributed by atoms with Crippen molar-refractivity contribution in [1.82, 2.24) is 0 Å². The van der Waals surface area contributed by atoms with Gasteiger partial charge in [-0.25, -0.2) is 13.2 Å². The van der Waals surface area contributed by atoms with Crippen molar-refractivity contribution in [2.75, 3.05) is 13.2 Å². The molecule has 0 amide bonds. The third-order valence-corrected chi connectivity index (χ3v) is 4.02. The summed E-state index contributed by atoms with van der Waals surface area (Å²) in [6, 6.07) is 6.42. The Labute approximate surface area is 126 Å². The van der Waals surface area contributed by atoms with Gasteiger partial charge in [-0.15, -0.1) is 6.54 Å². The van der Waals surface area contributed by atoms with Gasteiger partial charge in [-0.05, 0) is 34.7 Å². The van der Waals surface area contributed by atoms with E-state index >= 15 is 0 Å². The predicted molar refractivity (Wildman–Crippen MR) is 72.6 cm³/mol. The standard InChI is InChI=1S/C10H8F3INO4S/c11-10(12,13)20(17,18)15-5-6-19-9(16)7-3-1-2-4-8(7)14/h1-4H,5-6H2/q-1. The van der Waals surface area contributed by atoms with Gasteiger partial charge in [0, 0.05) is 3.57 Å². The lowest BCUT2D eigenvalue weighted by molar-refractivity contribution is -0.0427. The number of esters is 1. The van der Waals surface area contributed by atoms with Crippen molar-refractivity contribution < 1.29 is 31.1 Å². The number of rotatable bonds is 5. The Morgan fingerprint density at radius 2 is 1.90 bits per heavy atom. The van der Waals surface area contributed by atoms with Gasteiger partial charge in [0.2, 0.25) is 0 Å². The number of alkyl halides is 3. The number of carbonyl (C=O) groups excluding carboxylic acids is 1. The lowest BCUT2D eigenvalue weighted by Crippen LogP contribution is -2.23. The van der Waals surface area contributed by atoms with Crippen molar-refractivity contribution >= 4 is 38.6 Å². The van der Waals surface area contributed by atoms with Crippen LogP contribution in [0.3, 0.4) is 0 Å². The van der Waals surface area contributed by atoms with Gasteiger partial charge in [-0.3, -0.25) is 0 Å². The Morgan fingerprint density at radius 1 is 1.30 bits per heavy atom. The Balaban J connectivity index is 2.47. The Kier molecular flexibility index (Phi) is 5.77. The van der Waals surface area contributed by atoms with Crippen LogP contribution in [0, 0.1) is 3.57 Å². The molecular weight excluding hydrogens is 414 g/mol. The minimum Gasteiger partial charge on any atom is -0.538 e. The number of benzene rings is 1. The van der Waals surface area contributed by atoms with Crippen LogP contribution in [0.4, 0.5) is 13.2 Å². The number of ether oxygens (including phenoxy) is 1. The fourth-order valence-corrected chi connectivity index (χ4v) is 2.14. The first-order chi connectivity index (χ1) is 9.15. The van der Waals surface area contributed by atoms with Crippen molar-refractivity contribution in [3.8, 4) is 0 Å². The molecule has 1 aromatic carbocycles. The number of nitrogens with zero attached hydrogens (tertiary/aromatic N) is 1. The van der Waals surface area contributed by atoms with Crippen LogP contribution in [-0.2, 0) is 14.8 Å². The normalized spacial score (nSPS) is 12.2. The minimum atomic E-state index is -5.54. The highest BCUT2D eigenvalue weighted by molar-refractivity contribution is 14.1. The van der Waals surface area contributed by atoms with Crippen LogP contribution in [0.1, 0.15) is 10.4 Å². The van der Waals surface area contributed by atoms with Crippen LogP contribution in [0.5, 0.6) is 0 Å². The first kappa shape index (κ1) is 17.2. The van der Waals surface area contributed by atoms with Gasteiger partial charge in [-0.2, -0.15) is 13.2 Å². The van der Waals surface area contributed by atoms with Crippen LogP contribution in [-0.4, -0.2) is 33.0 Å². The maximum absolute atomic E-state index is 11.9. The highest BCUT2D eigenvalue weighted by Gasteiger charge is 2.38. The number of halogens is 4. The predicted octanol–water partition coefficient (Wildman–Crippen LogP) is 2.67. The lowest BCUT2D eigenvalue weighted by atomic mass is 10.2. The van der Waals surface area contributed by atoms with Crippen LogP contribution < -0.4 is 0 Å². The Bertz CT molecular complexity index is 588. The summed E-state index contributed by atoms with van der Waals surface area (Å²) in [5.74, 6) is -0.755. The van der Waals surface area contributed by atoms with E-state index in [9.17, 15) is 26.4 Å². The van der Waals surface area contributed by atoms with E-state index in [-0.39, 0.29) is 5.56 Å². The SMILES string of the molecule is O=C(OCC[N-]S(=O)(=O)C(F)(F)F)c1ccccc1I. The fraction of sp³-hybridized carbons (Fsp3) is 0.300. The third kappa shape index (κ3) is 4.59. The molecule has 0 atom stereocenters. The van der Waals surface area contributed by atoms with Gasteiger partial charge in [0.1, 0.15) is 0 Å². The molecule has 20 heavy (non-hydrogen) atoms. The van der Waals surface area contributed by atoms with E-state index in [4.69, 9.17) is 0 Å². The molecule has 0 heterocycles. The Morgan fingerprint density at radius 3 is 2.45 bits per heavy atom. The third-order valence-electron chi connectivity index (χ3n) is 1.97. The largest absolute Gasteiger partial charge is 0.538 e. The van der Waals surface area contributed by atoms with Crippen molar-refractivity contribution in [2.45, 2.75) is 5.51 Å². The summed E-state index contributed by atoms with van der Waals surface area (Å²) in [6.45, 7) is -1.34. The molecule has 0 N–H and O–H groups in total. The van der Waals surface area contributed by atoms with Gasteiger partial charge in [0.15, 0.2) is 10.0 Å². The number of carbonyl (C=O) groups is 1. The molecule has 0 aliphatic rings. The second kappa shape index (κ2) is 6.72. The van der Waals surface area contributed by atoms with Crippen LogP contribution >= 0.6 is 22.6 Å². The molecule has 0 aliphatic heterocycles. The van der Waals surface area contributed by atoms with Gasteiger partial charge in [0.05, 0.1) is 12.2 Å². The smallest absolute Gasteiger partial charge is 0.480 e. The van der Waals surface area contributed by atoms with E-state index in [1.807, 2.05) is 22.6 Å². The maximum atomic E-state index is 11.9. The van der Waals surface area contributed by atoms with Gasteiger partial charge < -0.3 is 9.46 Å². The first-order valence-corrected chi connectivity index (χ1v) is 7.59. The second-order valence-corrected chi connectivity index (χ2v) is 6.22. The average molecular weight is 422 g/mol. The summed E-state index contributed by atoms with van der Waals surface area (Å²) in [7, 11) is -5.54. The monoisotopic (exact) mass is 422 g/mol.